The quantitative estimate of drug-likeness (QED) is 0.715. The van der Waals surface area contributed by atoms with Crippen molar-refractivity contribution in [2.75, 3.05) is 19.8 Å². The zero-order valence-corrected chi connectivity index (χ0v) is 9.35. The van der Waals surface area contributed by atoms with Crippen LogP contribution in [-0.2, 0) is 14.3 Å². The number of nitrogens with two attached hydrogens (primary N) is 1. The minimum absolute atomic E-state index is 0.0318. The molecule has 16 heavy (non-hydrogen) atoms. The molecule has 92 valence electrons. The smallest absolute Gasteiger partial charge is 0.320 e. The Balaban J connectivity index is 2.00. The Morgan fingerprint density at radius 3 is 2.69 bits per heavy atom. The highest BCUT2D eigenvalue weighted by Gasteiger charge is 2.41. The summed E-state index contributed by atoms with van der Waals surface area (Å²) in [5.74, 6) is -0.876. The summed E-state index contributed by atoms with van der Waals surface area (Å²) in [4.78, 5) is 10.9. The summed E-state index contributed by atoms with van der Waals surface area (Å²) in [6.45, 7) is 2.02. The molecule has 0 aliphatic carbocycles. The summed E-state index contributed by atoms with van der Waals surface area (Å²) in [6.07, 6.45) is 3.21. The van der Waals surface area contributed by atoms with Crippen LogP contribution in [0.15, 0.2) is 0 Å². The van der Waals surface area contributed by atoms with E-state index in [-0.39, 0.29) is 11.5 Å². The number of carboxylic acids is 1. The van der Waals surface area contributed by atoms with E-state index >= 15 is 0 Å². The van der Waals surface area contributed by atoms with Crippen molar-refractivity contribution in [3.63, 3.8) is 0 Å². The molecule has 0 saturated carbocycles. The largest absolute Gasteiger partial charge is 0.480 e. The van der Waals surface area contributed by atoms with Gasteiger partial charge in [0.2, 0.25) is 0 Å². The Hall–Kier alpha value is -0.650. The lowest BCUT2D eigenvalue weighted by Crippen LogP contribution is -2.50. The van der Waals surface area contributed by atoms with Crippen molar-refractivity contribution < 1.29 is 19.4 Å². The molecular weight excluding hydrogens is 210 g/mol. The second-order valence-corrected chi connectivity index (χ2v) is 4.76. The van der Waals surface area contributed by atoms with Crippen LogP contribution in [0.5, 0.6) is 0 Å². The third kappa shape index (κ3) is 2.36. The maximum atomic E-state index is 10.9. The van der Waals surface area contributed by atoms with Crippen LogP contribution in [0.2, 0.25) is 0 Å². The van der Waals surface area contributed by atoms with Crippen LogP contribution in [0.25, 0.3) is 0 Å². The molecule has 2 atom stereocenters. The first kappa shape index (κ1) is 11.8. The van der Waals surface area contributed by atoms with Crippen molar-refractivity contribution >= 4 is 5.97 Å². The van der Waals surface area contributed by atoms with Gasteiger partial charge in [-0.3, -0.25) is 4.79 Å². The first-order valence-electron chi connectivity index (χ1n) is 5.83. The van der Waals surface area contributed by atoms with Gasteiger partial charge in [0.15, 0.2) is 0 Å². The van der Waals surface area contributed by atoms with Crippen molar-refractivity contribution in [2.24, 2.45) is 11.7 Å². The number of carbonyl (C=O) groups is 1. The summed E-state index contributed by atoms with van der Waals surface area (Å²) in [7, 11) is 0. The molecule has 2 aliphatic rings. The number of aliphatic carboxylic acids is 1. The lowest BCUT2D eigenvalue weighted by molar-refractivity contribution is -0.157. The van der Waals surface area contributed by atoms with Gasteiger partial charge in [-0.15, -0.1) is 0 Å². The fourth-order valence-corrected chi connectivity index (χ4v) is 2.67. The maximum absolute atomic E-state index is 10.9. The van der Waals surface area contributed by atoms with Gasteiger partial charge in [0, 0.05) is 19.8 Å². The molecule has 0 aromatic carbocycles. The summed E-state index contributed by atoms with van der Waals surface area (Å²) in [5, 5.41) is 8.93. The average Bonchev–Trinajstić information content (AvgIpc) is 2.29. The molecule has 2 saturated heterocycles. The highest BCUT2D eigenvalue weighted by molar-refractivity contribution is 5.73. The molecular formula is C11H19NO4. The van der Waals surface area contributed by atoms with Crippen molar-refractivity contribution in [2.45, 2.75) is 37.3 Å². The van der Waals surface area contributed by atoms with Crippen LogP contribution in [0.3, 0.4) is 0 Å². The van der Waals surface area contributed by atoms with Crippen molar-refractivity contribution in [3.05, 3.63) is 0 Å². The highest BCUT2D eigenvalue weighted by Crippen LogP contribution is 2.37. The fraction of sp³-hybridized carbons (Fsp3) is 0.909. The number of carboxylic acid groups (broad SMARTS) is 1. The Labute approximate surface area is 94.9 Å². The summed E-state index contributed by atoms with van der Waals surface area (Å²) in [6, 6.07) is -0.761. The van der Waals surface area contributed by atoms with Crippen molar-refractivity contribution in [1.82, 2.24) is 0 Å². The third-order valence-electron chi connectivity index (χ3n) is 3.73. The molecule has 0 amide bonds. The van der Waals surface area contributed by atoms with Gasteiger partial charge in [-0.2, -0.15) is 0 Å². The van der Waals surface area contributed by atoms with Gasteiger partial charge in [0.25, 0.3) is 0 Å². The van der Waals surface area contributed by atoms with E-state index < -0.39 is 12.0 Å². The monoisotopic (exact) mass is 229 g/mol. The molecule has 5 heteroatoms. The Kier molecular flexibility index (Phi) is 3.47. The molecule has 2 rings (SSSR count). The number of hydrogen-bond acceptors (Lipinski definition) is 4. The zero-order chi connectivity index (χ0) is 11.6. The Morgan fingerprint density at radius 1 is 1.38 bits per heavy atom. The predicted molar refractivity (Wildman–Crippen MR) is 57.1 cm³/mol. The summed E-state index contributed by atoms with van der Waals surface area (Å²) >= 11 is 0. The molecule has 5 nitrogen and oxygen atoms in total. The van der Waals surface area contributed by atoms with Crippen LogP contribution < -0.4 is 5.73 Å². The van der Waals surface area contributed by atoms with Crippen molar-refractivity contribution in [3.8, 4) is 0 Å². The molecule has 2 fully saturated rings. The van der Waals surface area contributed by atoms with Crippen LogP contribution in [0, 0.1) is 5.92 Å². The second kappa shape index (κ2) is 4.69. The zero-order valence-electron chi connectivity index (χ0n) is 9.35. The molecule has 0 aromatic rings. The van der Waals surface area contributed by atoms with E-state index in [0.717, 1.165) is 25.7 Å². The molecule has 1 spiro atoms. The molecule has 0 aromatic heterocycles. The first-order valence-corrected chi connectivity index (χ1v) is 5.83. The van der Waals surface area contributed by atoms with Crippen LogP contribution in [0.1, 0.15) is 25.7 Å². The molecule has 2 aliphatic heterocycles. The van der Waals surface area contributed by atoms with E-state index in [9.17, 15) is 4.79 Å². The summed E-state index contributed by atoms with van der Waals surface area (Å²) < 4.78 is 11.2. The number of rotatable bonds is 2. The molecule has 2 heterocycles. The minimum atomic E-state index is -0.908. The molecule has 1 unspecified atom stereocenters. The van der Waals surface area contributed by atoms with Gasteiger partial charge in [-0.25, -0.2) is 0 Å². The van der Waals surface area contributed by atoms with Crippen molar-refractivity contribution in [1.29, 1.82) is 0 Å². The van der Waals surface area contributed by atoms with E-state index in [1.807, 2.05) is 0 Å². The normalized spacial score (nSPS) is 31.2. The predicted octanol–water partition coefficient (Wildman–Crippen LogP) is 0.374. The maximum Gasteiger partial charge on any atom is 0.320 e. The lowest BCUT2D eigenvalue weighted by atomic mass is 9.78. The molecule has 0 radical (unpaired) electrons. The highest BCUT2D eigenvalue weighted by atomic mass is 16.5. The number of ether oxygens (including phenoxy) is 2. The van der Waals surface area contributed by atoms with E-state index in [4.69, 9.17) is 20.3 Å². The van der Waals surface area contributed by atoms with E-state index in [1.54, 1.807) is 0 Å². The third-order valence-corrected chi connectivity index (χ3v) is 3.73. The first-order chi connectivity index (χ1) is 7.63. The topological polar surface area (TPSA) is 81.8 Å². The number of hydrogen-bond donors (Lipinski definition) is 2. The van der Waals surface area contributed by atoms with E-state index in [2.05, 4.69) is 0 Å². The van der Waals surface area contributed by atoms with E-state index in [0.29, 0.717) is 19.8 Å². The standard InChI is InChI=1S/C11H19NO4/c12-9(10(13)14)8-1-4-16-11(7-8)2-5-15-6-3-11/h8-9H,1-7,12H2,(H,13,14)/t8?,9-/m1/s1. The second-order valence-electron chi connectivity index (χ2n) is 4.76. The van der Waals surface area contributed by atoms with Gasteiger partial charge in [-0.05, 0) is 31.6 Å². The SMILES string of the molecule is N[C@@H](C(=O)O)C1CCOC2(CCOCC2)C1. The average molecular weight is 229 g/mol. The van der Waals surface area contributed by atoms with Gasteiger partial charge >= 0.3 is 5.97 Å². The van der Waals surface area contributed by atoms with Gasteiger partial charge < -0.3 is 20.3 Å². The van der Waals surface area contributed by atoms with Gasteiger partial charge in [-0.1, -0.05) is 0 Å². The van der Waals surface area contributed by atoms with Crippen LogP contribution in [0.4, 0.5) is 0 Å². The molecule has 3 N–H and O–H groups in total. The summed E-state index contributed by atoms with van der Waals surface area (Å²) in [5.41, 5.74) is 5.52. The van der Waals surface area contributed by atoms with Gasteiger partial charge in [0.1, 0.15) is 6.04 Å². The fourth-order valence-electron chi connectivity index (χ4n) is 2.67. The van der Waals surface area contributed by atoms with Crippen LogP contribution >= 0.6 is 0 Å². The Bertz CT molecular complexity index is 257. The van der Waals surface area contributed by atoms with E-state index in [1.165, 1.54) is 0 Å². The molecule has 0 bridgehead atoms. The Morgan fingerprint density at radius 2 is 2.06 bits per heavy atom. The lowest BCUT2D eigenvalue weighted by Gasteiger charge is -2.44. The van der Waals surface area contributed by atoms with Gasteiger partial charge in [0.05, 0.1) is 5.60 Å². The van der Waals surface area contributed by atoms with Crippen LogP contribution in [-0.4, -0.2) is 42.5 Å². The minimum Gasteiger partial charge on any atom is -0.480 e.